The maximum atomic E-state index is 11.9. The number of fused-ring (bicyclic) bond motifs is 1. The molecule has 116 valence electrons. The van der Waals surface area contributed by atoms with E-state index >= 15 is 0 Å². The van der Waals surface area contributed by atoms with Crippen LogP contribution in [0.1, 0.15) is 27.0 Å². The van der Waals surface area contributed by atoms with Gasteiger partial charge in [0, 0.05) is 10.9 Å². The number of carbonyl (C=O) groups is 1. The minimum atomic E-state index is -0.416. The van der Waals surface area contributed by atoms with Gasteiger partial charge in [-0.25, -0.2) is 0 Å². The van der Waals surface area contributed by atoms with E-state index < -0.39 is 5.91 Å². The van der Waals surface area contributed by atoms with E-state index in [1.54, 1.807) is 7.11 Å². The second kappa shape index (κ2) is 6.13. The van der Waals surface area contributed by atoms with Crippen molar-refractivity contribution < 1.29 is 9.53 Å². The number of amides is 1. The summed E-state index contributed by atoms with van der Waals surface area (Å²) in [6, 6.07) is 17.9. The van der Waals surface area contributed by atoms with Crippen molar-refractivity contribution in [3.63, 3.8) is 0 Å². The molecule has 0 aliphatic rings. The first kappa shape index (κ1) is 15.1. The Hall–Kier alpha value is -2.81. The van der Waals surface area contributed by atoms with Crippen LogP contribution in [0, 0.1) is 6.92 Å². The molecule has 3 rings (SSSR count). The maximum absolute atomic E-state index is 11.9. The summed E-state index contributed by atoms with van der Waals surface area (Å²) in [7, 11) is 1.65. The number of rotatable bonds is 4. The third-order valence-corrected chi connectivity index (χ3v) is 4.04. The zero-order valence-electron chi connectivity index (χ0n) is 13.3. The Morgan fingerprint density at radius 2 is 1.83 bits per heavy atom. The predicted molar refractivity (Wildman–Crippen MR) is 93.0 cm³/mol. The lowest BCUT2D eigenvalue weighted by molar-refractivity contribution is 0.0999. The summed E-state index contributed by atoms with van der Waals surface area (Å²) in [4.78, 5) is 11.9. The molecule has 0 radical (unpaired) electrons. The number of benzene rings is 3. The lowest BCUT2D eigenvalue weighted by Gasteiger charge is -2.15. The van der Waals surface area contributed by atoms with Crippen molar-refractivity contribution >= 4 is 16.7 Å². The van der Waals surface area contributed by atoms with Crippen LogP contribution in [0.25, 0.3) is 10.8 Å². The fraction of sp³-hybridized carbons (Fsp3) is 0.150. The Balaban J connectivity index is 2.30. The molecule has 0 bridgehead atoms. The zero-order valence-corrected chi connectivity index (χ0v) is 13.3. The van der Waals surface area contributed by atoms with Crippen molar-refractivity contribution in [1.29, 1.82) is 0 Å². The number of aryl methyl sites for hydroxylation is 1. The molecule has 0 saturated carbocycles. The van der Waals surface area contributed by atoms with Crippen molar-refractivity contribution in [1.82, 2.24) is 0 Å². The molecular weight excluding hydrogens is 286 g/mol. The molecule has 3 aromatic rings. The van der Waals surface area contributed by atoms with Gasteiger partial charge >= 0.3 is 0 Å². The molecule has 3 aromatic carbocycles. The molecule has 0 fully saturated rings. The van der Waals surface area contributed by atoms with Crippen molar-refractivity contribution in [2.24, 2.45) is 5.73 Å². The van der Waals surface area contributed by atoms with Gasteiger partial charge in [0.1, 0.15) is 5.75 Å². The van der Waals surface area contributed by atoms with E-state index in [0.717, 1.165) is 33.2 Å². The van der Waals surface area contributed by atoms with Crippen molar-refractivity contribution in [3.8, 4) is 5.75 Å². The van der Waals surface area contributed by atoms with E-state index in [4.69, 9.17) is 10.5 Å². The average Bonchev–Trinajstić information content (AvgIpc) is 2.54. The number of carbonyl (C=O) groups excluding carboxylic acids is 1. The van der Waals surface area contributed by atoms with Crippen molar-refractivity contribution in [3.05, 3.63) is 76.9 Å². The van der Waals surface area contributed by atoms with Gasteiger partial charge in [0.2, 0.25) is 5.91 Å². The van der Waals surface area contributed by atoms with Crippen LogP contribution < -0.4 is 10.5 Å². The van der Waals surface area contributed by atoms with E-state index in [9.17, 15) is 4.79 Å². The molecule has 0 aliphatic carbocycles. The number of nitrogens with two attached hydrogens (primary N) is 1. The summed E-state index contributed by atoms with van der Waals surface area (Å²) in [5.41, 5.74) is 9.31. The van der Waals surface area contributed by atoms with E-state index in [1.165, 1.54) is 0 Å². The Bertz CT molecular complexity index is 870. The first-order valence-electron chi connectivity index (χ1n) is 7.54. The highest BCUT2D eigenvalue weighted by Crippen LogP contribution is 2.33. The molecule has 2 N–H and O–H groups in total. The molecular formula is C20H19NO2. The van der Waals surface area contributed by atoms with Gasteiger partial charge in [-0.3, -0.25) is 4.79 Å². The van der Waals surface area contributed by atoms with E-state index in [-0.39, 0.29) is 0 Å². The molecule has 0 aromatic heterocycles. The fourth-order valence-corrected chi connectivity index (χ4v) is 3.02. The van der Waals surface area contributed by atoms with Crippen molar-refractivity contribution in [2.45, 2.75) is 13.3 Å². The number of hydrogen-bond acceptors (Lipinski definition) is 2. The van der Waals surface area contributed by atoms with Crippen LogP contribution in [-0.4, -0.2) is 13.0 Å². The normalized spacial score (nSPS) is 10.7. The zero-order chi connectivity index (χ0) is 16.4. The van der Waals surface area contributed by atoms with Crippen LogP contribution in [-0.2, 0) is 6.42 Å². The lowest BCUT2D eigenvalue weighted by atomic mass is 9.92. The summed E-state index contributed by atoms with van der Waals surface area (Å²) in [5.74, 6) is 0.356. The van der Waals surface area contributed by atoms with Crippen LogP contribution in [0.2, 0.25) is 0 Å². The SMILES string of the molecule is COc1cc(C)cc2ccc(C(N)=O)c(Cc3ccccc3)c12. The van der Waals surface area contributed by atoms with E-state index in [1.807, 2.05) is 55.5 Å². The Morgan fingerprint density at radius 3 is 2.48 bits per heavy atom. The Kier molecular flexibility index (Phi) is 4.02. The van der Waals surface area contributed by atoms with Gasteiger partial charge in [-0.15, -0.1) is 0 Å². The summed E-state index contributed by atoms with van der Waals surface area (Å²) >= 11 is 0. The van der Waals surface area contributed by atoms with Crippen molar-refractivity contribution in [2.75, 3.05) is 7.11 Å². The number of hydrogen-bond donors (Lipinski definition) is 1. The quantitative estimate of drug-likeness (QED) is 0.796. The van der Waals surface area contributed by atoms with Crippen LogP contribution in [0.5, 0.6) is 5.75 Å². The molecule has 23 heavy (non-hydrogen) atoms. The lowest BCUT2D eigenvalue weighted by Crippen LogP contribution is -2.14. The first-order chi connectivity index (χ1) is 11.1. The van der Waals surface area contributed by atoms with Gasteiger partial charge in [0.15, 0.2) is 0 Å². The highest BCUT2D eigenvalue weighted by Gasteiger charge is 2.16. The molecule has 1 amide bonds. The summed E-state index contributed by atoms with van der Waals surface area (Å²) < 4.78 is 5.57. The largest absolute Gasteiger partial charge is 0.496 e. The van der Waals surface area contributed by atoms with Gasteiger partial charge in [-0.2, -0.15) is 0 Å². The van der Waals surface area contributed by atoms with Gasteiger partial charge in [0.25, 0.3) is 0 Å². The van der Waals surface area contributed by atoms with E-state index in [0.29, 0.717) is 12.0 Å². The van der Waals surface area contributed by atoms with Crippen LogP contribution >= 0.6 is 0 Å². The number of methoxy groups -OCH3 is 1. The standard InChI is InChI=1S/C20H19NO2/c1-13-10-15-8-9-16(20(21)22)17(19(15)18(11-13)23-2)12-14-6-4-3-5-7-14/h3-11H,12H2,1-2H3,(H2,21,22). The molecule has 0 spiro atoms. The second-order valence-electron chi connectivity index (χ2n) is 5.68. The highest BCUT2D eigenvalue weighted by atomic mass is 16.5. The first-order valence-corrected chi connectivity index (χ1v) is 7.54. The molecule has 3 nitrogen and oxygen atoms in total. The average molecular weight is 305 g/mol. The molecule has 0 aliphatic heterocycles. The van der Waals surface area contributed by atoms with Gasteiger partial charge in [-0.1, -0.05) is 42.5 Å². The predicted octanol–water partition coefficient (Wildman–Crippen LogP) is 3.85. The van der Waals surface area contributed by atoms with Crippen LogP contribution in [0.15, 0.2) is 54.6 Å². The van der Waals surface area contributed by atoms with Gasteiger partial charge in [-0.05, 0) is 47.6 Å². The van der Waals surface area contributed by atoms with E-state index in [2.05, 4.69) is 6.07 Å². The van der Waals surface area contributed by atoms with Crippen LogP contribution in [0.4, 0.5) is 0 Å². The Labute approximate surface area is 135 Å². The summed E-state index contributed by atoms with van der Waals surface area (Å²) in [6.07, 6.45) is 0.635. The smallest absolute Gasteiger partial charge is 0.249 e. The third-order valence-electron chi connectivity index (χ3n) is 4.04. The minimum Gasteiger partial charge on any atom is -0.496 e. The topological polar surface area (TPSA) is 52.3 Å². The van der Waals surface area contributed by atoms with Gasteiger partial charge < -0.3 is 10.5 Å². The fourth-order valence-electron chi connectivity index (χ4n) is 3.02. The second-order valence-corrected chi connectivity index (χ2v) is 5.68. The molecule has 0 atom stereocenters. The molecule has 0 heterocycles. The highest BCUT2D eigenvalue weighted by molar-refractivity contribution is 6.03. The minimum absolute atomic E-state index is 0.416. The number of primary amides is 1. The Morgan fingerprint density at radius 1 is 1.09 bits per heavy atom. The summed E-state index contributed by atoms with van der Waals surface area (Å²) in [6.45, 7) is 2.03. The molecule has 0 unspecified atom stereocenters. The van der Waals surface area contributed by atoms with Crippen LogP contribution in [0.3, 0.4) is 0 Å². The number of ether oxygens (including phenoxy) is 1. The molecule has 0 saturated heterocycles. The maximum Gasteiger partial charge on any atom is 0.249 e. The summed E-state index contributed by atoms with van der Waals surface area (Å²) in [5, 5.41) is 2.01. The van der Waals surface area contributed by atoms with Gasteiger partial charge in [0.05, 0.1) is 7.11 Å². The third kappa shape index (κ3) is 2.90. The monoisotopic (exact) mass is 305 g/mol. The molecule has 3 heteroatoms.